The van der Waals surface area contributed by atoms with Gasteiger partial charge in [0.2, 0.25) is 5.91 Å². The van der Waals surface area contributed by atoms with Crippen molar-refractivity contribution in [3.05, 3.63) is 0 Å². The molecule has 3 nitrogen and oxygen atoms in total. The fourth-order valence-corrected chi connectivity index (χ4v) is 1.82. The van der Waals surface area contributed by atoms with E-state index in [1.807, 2.05) is 14.0 Å². The normalized spacial score (nSPS) is 22.9. The van der Waals surface area contributed by atoms with Crippen LogP contribution < -0.4 is 5.32 Å². The third kappa shape index (κ3) is 3.66. The molecule has 1 fully saturated rings. The minimum absolute atomic E-state index is 0.270. The van der Waals surface area contributed by atoms with Crippen LogP contribution in [-0.4, -0.2) is 37.0 Å². The van der Waals surface area contributed by atoms with Crippen molar-refractivity contribution in [2.45, 2.75) is 45.1 Å². The molecule has 0 aromatic carbocycles. The van der Waals surface area contributed by atoms with E-state index in [1.54, 1.807) is 4.90 Å². The summed E-state index contributed by atoms with van der Waals surface area (Å²) in [5, 5.41) is 3.44. The van der Waals surface area contributed by atoms with Gasteiger partial charge in [-0.2, -0.15) is 0 Å². The van der Waals surface area contributed by atoms with E-state index in [9.17, 15) is 4.79 Å². The Kier molecular flexibility index (Phi) is 4.94. The Labute approximate surface area is 86.9 Å². The van der Waals surface area contributed by atoms with Gasteiger partial charge in [0.15, 0.2) is 0 Å². The van der Waals surface area contributed by atoms with Gasteiger partial charge in [0.05, 0.1) is 0 Å². The van der Waals surface area contributed by atoms with E-state index in [2.05, 4.69) is 5.32 Å². The van der Waals surface area contributed by atoms with E-state index in [0.29, 0.717) is 12.5 Å². The summed E-state index contributed by atoms with van der Waals surface area (Å²) in [5.74, 6) is 0.270. The van der Waals surface area contributed by atoms with E-state index in [0.717, 1.165) is 19.5 Å². The molecule has 0 aromatic heterocycles. The Morgan fingerprint density at radius 2 is 2.21 bits per heavy atom. The molecule has 1 heterocycles. The van der Waals surface area contributed by atoms with Crippen molar-refractivity contribution in [2.75, 3.05) is 20.1 Å². The van der Waals surface area contributed by atoms with Crippen LogP contribution in [0.15, 0.2) is 0 Å². The SMILES string of the molecule is CCN(C)C(=O)CC1CCCCCN1. The highest BCUT2D eigenvalue weighted by Crippen LogP contribution is 2.11. The molecule has 0 aliphatic carbocycles. The van der Waals surface area contributed by atoms with Gasteiger partial charge in [0, 0.05) is 26.1 Å². The molecule has 0 aromatic rings. The molecule has 0 radical (unpaired) electrons. The summed E-state index contributed by atoms with van der Waals surface area (Å²) in [5.41, 5.74) is 0. The quantitative estimate of drug-likeness (QED) is 0.743. The molecule has 14 heavy (non-hydrogen) atoms. The second-order valence-electron chi connectivity index (χ2n) is 4.11. The molecule has 1 unspecified atom stereocenters. The van der Waals surface area contributed by atoms with E-state index >= 15 is 0 Å². The maximum Gasteiger partial charge on any atom is 0.223 e. The Balaban J connectivity index is 2.30. The number of nitrogens with one attached hydrogen (secondary N) is 1. The van der Waals surface area contributed by atoms with Gasteiger partial charge in [-0.1, -0.05) is 12.8 Å². The van der Waals surface area contributed by atoms with E-state index in [1.165, 1.54) is 19.3 Å². The Morgan fingerprint density at radius 1 is 1.43 bits per heavy atom. The van der Waals surface area contributed by atoms with Crippen LogP contribution in [0.5, 0.6) is 0 Å². The zero-order chi connectivity index (χ0) is 10.4. The summed E-state index contributed by atoms with van der Waals surface area (Å²) in [7, 11) is 1.87. The van der Waals surface area contributed by atoms with Crippen molar-refractivity contribution < 1.29 is 4.79 Å². The molecule has 3 heteroatoms. The number of hydrogen-bond donors (Lipinski definition) is 1. The van der Waals surface area contributed by atoms with E-state index in [-0.39, 0.29) is 5.91 Å². The third-order valence-electron chi connectivity index (χ3n) is 2.98. The first-order valence-corrected chi connectivity index (χ1v) is 5.71. The van der Waals surface area contributed by atoms with Gasteiger partial charge in [0.1, 0.15) is 0 Å². The fraction of sp³-hybridized carbons (Fsp3) is 0.909. The zero-order valence-corrected chi connectivity index (χ0v) is 9.38. The maximum atomic E-state index is 11.6. The molecule has 1 rings (SSSR count). The first-order valence-electron chi connectivity index (χ1n) is 5.71. The summed E-state index contributed by atoms with van der Waals surface area (Å²) in [4.78, 5) is 13.4. The summed E-state index contributed by atoms with van der Waals surface area (Å²) >= 11 is 0. The van der Waals surface area contributed by atoms with Crippen molar-refractivity contribution in [2.24, 2.45) is 0 Å². The molecule has 1 saturated heterocycles. The minimum atomic E-state index is 0.270. The predicted octanol–water partition coefficient (Wildman–Crippen LogP) is 1.39. The highest BCUT2D eigenvalue weighted by molar-refractivity contribution is 5.76. The van der Waals surface area contributed by atoms with Gasteiger partial charge in [-0.05, 0) is 26.3 Å². The number of carbonyl (C=O) groups excluding carboxylic acids is 1. The first kappa shape index (κ1) is 11.5. The molecule has 0 saturated carbocycles. The van der Waals surface area contributed by atoms with E-state index in [4.69, 9.17) is 0 Å². The van der Waals surface area contributed by atoms with Gasteiger partial charge in [0.25, 0.3) is 0 Å². The average molecular weight is 198 g/mol. The lowest BCUT2D eigenvalue weighted by atomic mass is 10.1. The van der Waals surface area contributed by atoms with Crippen LogP contribution in [-0.2, 0) is 4.79 Å². The second-order valence-corrected chi connectivity index (χ2v) is 4.11. The van der Waals surface area contributed by atoms with Crippen LogP contribution >= 0.6 is 0 Å². The smallest absolute Gasteiger partial charge is 0.223 e. The lowest BCUT2D eigenvalue weighted by Gasteiger charge is -2.19. The predicted molar refractivity (Wildman–Crippen MR) is 58.2 cm³/mol. The molecule has 1 aliphatic heterocycles. The molecular weight excluding hydrogens is 176 g/mol. The first-order chi connectivity index (χ1) is 6.74. The van der Waals surface area contributed by atoms with Crippen LogP contribution in [0.3, 0.4) is 0 Å². The number of carbonyl (C=O) groups is 1. The number of hydrogen-bond acceptors (Lipinski definition) is 2. The highest BCUT2D eigenvalue weighted by Gasteiger charge is 2.16. The van der Waals surface area contributed by atoms with Crippen molar-refractivity contribution >= 4 is 5.91 Å². The number of amides is 1. The van der Waals surface area contributed by atoms with Crippen molar-refractivity contribution in [1.29, 1.82) is 0 Å². The van der Waals surface area contributed by atoms with Gasteiger partial charge in [-0.3, -0.25) is 4.79 Å². The lowest BCUT2D eigenvalue weighted by molar-refractivity contribution is -0.130. The molecule has 0 spiro atoms. The van der Waals surface area contributed by atoms with Crippen molar-refractivity contribution in [1.82, 2.24) is 10.2 Å². The highest BCUT2D eigenvalue weighted by atomic mass is 16.2. The third-order valence-corrected chi connectivity index (χ3v) is 2.98. The summed E-state index contributed by atoms with van der Waals surface area (Å²) < 4.78 is 0. The number of nitrogens with zero attached hydrogens (tertiary/aromatic N) is 1. The molecule has 0 bridgehead atoms. The Morgan fingerprint density at radius 3 is 2.93 bits per heavy atom. The zero-order valence-electron chi connectivity index (χ0n) is 9.38. The largest absolute Gasteiger partial charge is 0.346 e. The Bertz CT molecular complexity index is 174. The standard InChI is InChI=1S/C11H22N2O/c1-3-13(2)11(14)9-10-7-5-4-6-8-12-10/h10,12H,3-9H2,1-2H3. The van der Waals surface area contributed by atoms with Crippen LogP contribution in [0.25, 0.3) is 0 Å². The van der Waals surface area contributed by atoms with Crippen LogP contribution in [0.2, 0.25) is 0 Å². The van der Waals surface area contributed by atoms with Gasteiger partial charge in [-0.25, -0.2) is 0 Å². The summed E-state index contributed by atoms with van der Waals surface area (Å²) in [6, 6.07) is 0.416. The monoisotopic (exact) mass is 198 g/mol. The molecule has 82 valence electrons. The molecular formula is C11H22N2O. The number of rotatable bonds is 3. The van der Waals surface area contributed by atoms with Gasteiger partial charge in [-0.15, -0.1) is 0 Å². The molecule has 1 aliphatic rings. The van der Waals surface area contributed by atoms with Gasteiger partial charge < -0.3 is 10.2 Å². The molecule has 1 amide bonds. The summed E-state index contributed by atoms with van der Waals surface area (Å²) in [6.45, 7) is 3.90. The average Bonchev–Trinajstić information content (AvgIpc) is 2.45. The summed E-state index contributed by atoms with van der Waals surface area (Å²) in [6.07, 6.45) is 5.66. The van der Waals surface area contributed by atoms with E-state index < -0.39 is 0 Å². The van der Waals surface area contributed by atoms with Crippen molar-refractivity contribution in [3.8, 4) is 0 Å². The van der Waals surface area contributed by atoms with Crippen LogP contribution in [0.4, 0.5) is 0 Å². The topological polar surface area (TPSA) is 32.3 Å². The molecule has 1 atom stereocenters. The second kappa shape index (κ2) is 6.02. The minimum Gasteiger partial charge on any atom is -0.346 e. The fourth-order valence-electron chi connectivity index (χ4n) is 1.82. The van der Waals surface area contributed by atoms with Crippen LogP contribution in [0.1, 0.15) is 39.0 Å². The Hall–Kier alpha value is -0.570. The van der Waals surface area contributed by atoms with Crippen LogP contribution in [0, 0.1) is 0 Å². The van der Waals surface area contributed by atoms with Crippen molar-refractivity contribution in [3.63, 3.8) is 0 Å². The van der Waals surface area contributed by atoms with Gasteiger partial charge >= 0.3 is 0 Å². The molecule has 1 N–H and O–H groups in total. The maximum absolute atomic E-state index is 11.6. The lowest BCUT2D eigenvalue weighted by Crippen LogP contribution is -2.36.